The van der Waals surface area contributed by atoms with Crippen LogP contribution >= 0.6 is 11.8 Å². The van der Waals surface area contributed by atoms with Crippen molar-refractivity contribution >= 4 is 33.1 Å². The van der Waals surface area contributed by atoms with Gasteiger partial charge in [-0.25, -0.2) is 0 Å². The van der Waals surface area contributed by atoms with E-state index in [9.17, 15) is 0 Å². The van der Waals surface area contributed by atoms with Crippen LogP contribution in [-0.4, -0.2) is 20.5 Å². The van der Waals surface area contributed by atoms with Gasteiger partial charge in [0.25, 0.3) is 0 Å². The number of rotatable bonds is 7. The van der Waals surface area contributed by atoms with Crippen molar-refractivity contribution in [2.24, 2.45) is 0 Å². The van der Waals surface area contributed by atoms with E-state index >= 15 is 0 Å². The van der Waals surface area contributed by atoms with E-state index in [1.807, 2.05) is 0 Å². The average molecular weight is 383 g/mol. The zero-order chi connectivity index (χ0) is 18.1. The molecule has 0 aromatic heterocycles. The number of benzene rings is 2. The second kappa shape index (κ2) is 6.94. The van der Waals surface area contributed by atoms with Crippen LogP contribution in [0.3, 0.4) is 0 Å². The lowest BCUT2D eigenvalue weighted by Crippen LogP contribution is -2.59. The van der Waals surface area contributed by atoms with Crippen LogP contribution in [0.15, 0.2) is 78.2 Å². The van der Waals surface area contributed by atoms with Crippen molar-refractivity contribution in [3.63, 3.8) is 0 Å². The molecule has 0 N–H and O–H groups in total. The minimum Gasteiger partial charge on any atom is -0.123 e. The molecular weight excluding hydrogens is 352 g/mol. The van der Waals surface area contributed by atoms with Crippen molar-refractivity contribution in [2.45, 2.75) is 53.5 Å². The van der Waals surface area contributed by atoms with Crippen molar-refractivity contribution in [3.8, 4) is 0 Å². The highest BCUT2D eigenvalue weighted by Crippen LogP contribution is 2.61. The van der Waals surface area contributed by atoms with Gasteiger partial charge in [0.2, 0.25) is 0 Å². The molecule has 0 saturated heterocycles. The molecule has 0 spiro atoms. The van der Waals surface area contributed by atoms with Crippen LogP contribution in [0.5, 0.6) is 0 Å². The number of hydrogen-bond acceptors (Lipinski definition) is 1. The van der Waals surface area contributed by atoms with E-state index in [0.29, 0.717) is 9.53 Å². The lowest BCUT2D eigenvalue weighted by atomic mass is 10.4. The number of hydrogen-bond donors (Lipinski definition) is 0. The summed E-state index contributed by atoms with van der Waals surface area (Å²) in [6.45, 7) is 14.7. The smallest absolute Gasteiger partial charge is 0.0848 e. The Morgan fingerprint density at radius 1 is 0.920 bits per heavy atom. The van der Waals surface area contributed by atoms with Gasteiger partial charge in [-0.15, -0.1) is 18.3 Å². The summed E-state index contributed by atoms with van der Waals surface area (Å²) in [5.41, 5.74) is 0. The third-order valence-electron chi connectivity index (χ3n) is 6.24. The maximum Gasteiger partial charge on any atom is 0.0848 e. The minimum absolute atomic E-state index is 0.478. The van der Waals surface area contributed by atoms with Crippen LogP contribution in [0.1, 0.15) is 12.8 Å². The molecule has 0 heterocycles. The predicted molar refractivity (Wildman–Crippen MR) is 119 cm³/mol. The van der Waals surface area contributed by atoms with Crippen molar-refractivity contribution in [1.82, 2.24) is 0 Å². The fourth-order valence-electron chi connectivity index (χ4n) is 4.53. The van der Waals surface area contributed by atoms with Gasteiger partial charge >= 0.3 is 0 Å². The third-order valence-corrected chi connectivity index (χ3v) is 22.0. The Balaban J connectivity index is 1.92. The second-order valence-corrected chi connectivity index (χ2v) is 20.5. The minimum atomic E-state index is -1.60. The normalized spacial score (nSPS) is 17.8. The molecule has 0 nitrogen and oxygen atoms in total. The van der Waals surface area contributed by atoms with Gasteiger partial charge in [-0.1, -0.05) is 86.0 Å². The summed E-state index contributed by atoms with van der Waals surface area (Å²) in [5, 5.41) is 2.25. The highest BCUT2D eigenvalue weighted by atomic mass is 32.2. The fourth-order valence-corrected chi connectivity index (χ4v) is 20.8. The van der Waals surface area contributed by atoms with Crippen LogP contribution in [0, 0.1) is 0 Å². The highest BCUT2D eigenvalue weighted by molar-refractivity contribution is 8.03. The molecule has 3 rings (SSSR count). The standard InChI is InChI=1S/C22H30SSi2/c1-6-21(24(2,3)20-15-11-8-12-16-20)25(4,5)22(17-18-22)23-19-13-9-7-10-14-19/h6-16,21H,1,17-18H2,2-5H3. The molecule has 0 amide bonds. The zero-order valence-electron chi connectivity index (χ0n) is 16.0. The molecule has 2 aromatic carbocycles. The van der Waals surface area contributed by atoms with Crippen LogP contribution in [0.25, 0.3) is 0 Å². The molecule has 1 aliphatic rings. The predicted octanol–water partition coefficient (Wildman–Crippen LogP) is 6.27. The summed E-state index contributed by atoms with van der Waals surface area (Å²) in [6, 6.07) is 22.2. The Labute approximate surface area is 159 Å². The lowest BCUT2D eigenvalue weighted by molar-refractivity contribution is 1.16. The molecule has 1 saturated carbocycles. The lowest BCUT2D eigenvalue weighted by Gasteiger charge is -2.45. The first-order chi connectivity index (χ1) is 11.8. The van der Waals surface area contributed by atoms with Crippen LogP contribution in [0.4, 0.5) is 0 Å². The van der Waals surface area contributed by atoms with Crippen LogP contribution in [0.2, 0.25) is 31.4 Å². The monoisotopic (exact) mass is 382 g/mol. The average Bonchev–Trinajstić information content (AvgIpc) is 3.38. The van der Waals surface area contributed by atoms with Gasteiger partial charge in [0.05, 0.1) is 16.1 Å². The van der Waals surface area contributed by atoms with E-state index in [0.717, 1.165) is 0 Å². The molecule has 25 heavy (non-hydrogen) atoms. The van der Waals surface area contributed by atoms with E-state index in [1.165, 1.54) is 17.7 Å². The molecule has 0 bridgehead atoms. The van der Waals surface area contributed by atoms with Crippen molar-refractivity contribution in [3.05, 3.63) is 73.3 Å². The molecule has 1 aliphatic carbocycles. The van der Waals surface area contributed by atoms with E-state index in [4.69, 9.17) is 0 Å². The van der Waals surface area contributed by atoms with Gasteiger partial charge in [-0.2, -0.15) is 0 Å². The first kappa shape index (κ1) is 18.7. The van der Waals surface area contributed by atoms with E-state index in [1.54, 1.807) is 5.19 Å². The van der Waals surface area contributed by atoms with Crippen molar-refractivity contribution in [2.75, 3.05) is 0 Å². The van der Waals surface area contributed by atoms with Gasteiger partial charge in [-0.05, 0) is 30.1 Å². The molecule has 132 valence electrons. The van der Waals surface area contributed by atoms with E-state index in [2.05, 4.69) is 111 Å². The largest absolute Gasteiger partial charge is 0.123 e. The van der Waals surface area contributed by atoms with E-state index in [-0.39, 0.29) is 0 Å². The number of thioether (sulfide) groups is 1. The molecule has 1 fully saturated rings. The maximum atomic E-state index is 4.33. The summed E-state index contributed by atoms with van der Waals surface area (Å²) >= 11 is 2.16. The third kappa shape index (κ3) is 3.47. The Bertz CT molecular complexity index is 718. The molecule has 2 aromatic rings. The van der Waals surface area contributed by atoms with Crippen molar-refractivity contribution in [1.29, 1.82) is 0 Å². The summed E-state index contributed by atoms with van der Waals surface area (Å²) < 4.78 is 0.478. The Morgan fingerprint density at radius 3 is 1.92 bits per heavy atom. The molecule has 1 atom stereocenters. The summed E-state index contributed by atoms with van der Waals surface area (Å²) in [4.78, 5) is 1.43. The molecule has 1 unspecified atom stereocenters. The quantitative estimate of drug-likeness (QED) is 0.402. The van der Waals surface area contributed by atoms with Gasteiger partial charge < -0.3 is 0 Å². The molecule has 0 radical (unpaired) electrons. The highest BCUT2D eigenvalue weighted by Gasteiger charge is 2.61. The molecular formula is C22H30SSi2. The van der Waals surface area contributed by atoms with Gasteiger partial charge in [0, 0.05) is 9.27 Å². The summed E-state index contributed by atoms with van der Waals surface area (Å²) in [5.74, 6) is 0. The zero-order valence-corrected chi connectivity index (χ0v) is 18.8. The topological polar surface area (TPSA) is 0 Å². The molecule has 0 aliphatic heterocycles. The van der Waals surface area contributed by atoms with Gasteiger partial charge in [-0.3, -0.25) is 0 Å². The second-order valence-electron chi connectivity index (χ2n) is 8.43. The first-order valence-electron chi connectivity index (χ1n) is 9.26. The van der Waals surface area contributed by atoms with Crippen molar-refractivity contribution < 1.29 is 0 Å². The molecule has 3 heteroatoms. The maximum absolute atomic E-state index is 4.33. The van der Waals surface area contributed by atoms with Gasteiger partial charge in [0.1, 0.15) is 0 Å². The fraction of sp³-hybridized carbons (Fsp3) is 0.364. The summed E-state index contributed by atoms with van der Waals surface area (Å²) in [7, 11) is -3.14. The Hall–Kier alpha value is -1.04. The van der Waals surface area contributed by atoms with Crippen LogP contribution in [-0.2, 0) is 0 Å². The van der Waals surface area contributed by atoms with E-state index < -0.39 is 16.1 Å². The van der Waals surface area contributed by atoms with Gasteiger partial charge in [0.15, 0.2) is 0 Å². The van der Waals surface area contributed by atoms with Crippen LogP contribution < -0.4 is 5.19 Å². The Morgan fingerprint density at radius 2 is 1.44 bits per heavy atom. The SMILES string of the molecule is C=CC([Si](C)(C)c1ccccc1)[Si](C)(C)C1(Sc2ccccc2)CC1. The summed E-state index contributed by atoms with van der Waals surface area (Å²) in [6.07, 6.45) is 5.07. The Kier molecular flexibility index (Phi) is 5.20. The first-order valence-corrected chi connectivity index (χ1v) is 16.2. The number of allylic oxidation sites excluding steroid dienone is 1.